The number of likely N-dealkylation sites (N-methyl/N-ethyl adjacent to an activating group) is 1. The van der Waals surface area contributed by atoms with Gasteiger partial charge in [0.2, 0.25) is 11.8 Å². The molecular weight excluding hydrogens is 226 g/mol. The standard InChI is InChI=1S/C10H15N3O4/c1-13-7(14)2-6(9(13)17)12-10(3-8(15)16)4-11-5-10/h6,11-12H,2-5H2,1H3,(H,15,16). The summed E-state index contributed by atoms with van der Waals surface area (Å²) in [6.07, 6.45) is 0.0540. The molecule has 0 aromatic heterocycles. The van der Waals surface area contributed by atoms with Crippen molar-refractivity contribution in [2.75, 3.05) is 20.1 Å². The van der Waals surface area contributed by atoms with Crippen LogP contribution in [-0.4, -0.2) is 59.5 Å². The largest absolute Gasteiger partial charge is 0.481 e. The molecule has 1 unspecified atom stereocenters. The first-order valence-electron chi connectivity index (χ1n) is 5.44. The summed E-state index contributed by atoms with van der Waals surface area (Å²) < 4.78 is 0. The third-order valence-corrected chi connectivity index (χ3v) is 3.28. The van der Waals surface area contributed by atoms with Crippen molar-refractivity contribution in [1.82, 2.24) is 15.5 Å². The van der Waals surface area contributed by atoms with Crippen LogP contribution in [0.15, 0.2) is 0 Å². The van der Waals surface area contributed by atoms with Crippen LogP contribution in [0.25, 0.3) is 0 Å². The van der Waals surface area contributed by atoms with E-state index >= 15 is 0 Å². The van der Waals surface area contributed by atoms with Crippen molar-refractivity contribution in [3.8, 4) is 0 Å². The van der Waals surface area contributed by atoms with Gasteiger partial charge in [-0.05, 0) is 0 Å². The third kappa shape index (κ3) is 2.16. The second-order valence-corrected chi connectivity index (χ2v) is 4.65. The molecule has 2 aliphatic rings. The molecule has 7 heteroatoms. The molecule has 2 amide bonds. The lowest BCUT2D eigenvalue weighted by atomic mass is 9.87. The molecule has 2 heterocycles. The zero-order chi connectivity index (χ0) is 12.6. The van der Waals surface area contributed by atoms with Gasteiger partial charge in [0, 0.05) is 20.1 Å². The van der Waals surface area contributed by atoms with Gasteiger partial charge < -0.3 is 10.4 Å². The maximum absolute atomic E-state index is 11.7. The van der Waals surface area contributed by atoms with Gasteiger partial charge in [0.05, 0.1) is 24.4 Å². The van der Waals surface area contributed by atoms with Gasteiger partial charge in [-0.15, -0.1) is 0 Å². The molecule has 17 heavy (non-hydrogen) atoms. The highest BCUT2D eigenvalue weighted by Gasteiger charge is 2.45. The number of nitrogens with zero attached hydrogens (tertiary/aromatic N) is 1. The van der Waals surface area contributed by atoms with Gasteiger partial charge in [-0.2, -0.15) is 0 Å². The van der Waals surface area contributed by atoms with Crippen molar-refractivity contribution in [3.63, 3.8) is 0 Å². The summed E-state index contributed by atoms with van der Waals surface area (Å²) in [7, 11) is 1.44. The van der Waals surface area contributed by atoms with Crippen molar-refractivity contribution < 1.29 is 19.5 Å². The lowest BCUT2D eigenvalue weighted by Crippen LogP contribution is -2.71. The Morgan fingerprint density at radius 2 is 2.24 bits per heavy atom. The number of carboxylic acids is 1. The summed E-state index contributed by atoms with van der Waals surface area (Å²) in [6.45, 7) is 1.00. The number of hydrogen-bond donors (Lipinski definition) is 3. The topological polar surface area (TPSA) is 98.7 Å². The Balaban J connectivity index is 2.03. The number of carbonyl (C=O) groups excluding carboxylic acids is 2. The summed E-state index contributed by atoms with van der Waals surface area (Å²) in [6, 6.07) is -0.589. The zero-order valence-corrected chi connectivity index (χ0v) is 9.52. The molecule has 7 nitrogen and oxygen atoms in total. The van der Waals surface area contributed by atoms with Crippen LogP contribution in [0.5, 0.6) is 0 Å². The average Bonchev–Trinajstić information content (AvgIpc) is 2.42. The van der Waals surface area contributed by atoms with E-state index in [0.717, 1.165) is 4.90 Å². The number of amides is 2. The van der Waals surface area contributed by atoms with Crippen molar-refractivity contribution in [1.29, 1.82) is 0 Å². The first-order valence-corrected chi connectivity index (χ1v) is 5.44. The van der Waals surface area contributed by atoms with E-state index in [9.17, 15) is 14.4 Å². The van der Waals surface area contributed by atoms with Crippen LogP contribution in [-0.2, 0) is 14.4 Å². The first-order chi connectivity index (χ1) is 7.93. The molecule has 0 aromatic carbocycles. The SMILES string of the molecule is CN1C(=O)CC(NC2(CC(=O)O)CNC2)C1=O. The Labute approximate surface area is 98.2 Å². The number of aliphatic carboxylic acids is 1. The monoisotopic (exact) mass is 241 g/mol. The van der Waals surface area contributed by atoms with Crippen molar-refractivity contribution >= 4 is 17.8 Å². The Hall–Kier alpha value is -1.47. The van der Waals surface area contributed by atoms with Crippen LogP contribution >= 0.6 is 0 Å². The number of nitrogens with one attached hydrogen (secondary N) is 2. The van der Waals surface area contributed by atoms with E-state index in [1.165, 1.54) is 7.05 Å². The zero-order valence-electron chi connectivity index (χ0n) is 9.52. The Kier molecular flexibility index (Phi) is 2.88. The van der Waals surface area contributed by atoms with Gasteiger partial charge in [-0.1, -0.05) is 0 Å². The predicted molar refractivity (Wildman–Crippen MR) is 57.2 cm³/mol. The first kappa shape index (κ1) is 12.0. The molecule has 1 atom stereocenters. The van der Waals surface area contributed by atoms with Crippen LogP contribution in [0.4, 0.5) is 0 Å². The molecule has 0 spiro atoms. The number of hydrogen-bond acceptors (Lipinski definition) is 5. The summed E-state index contributed by atoms with van der Waals surface area (Å²) >= 11 is 0. The van der Waals surface area contributed by atoms with Crippen LogP contribution in [0.3, 0.4) is 0 Å². The second kappa shape index (κ2) is 4.08. The molecular formula is C10H15N3O4. The van der Waals surface area contributed by atoms with Crippen LogP contribution < -0.4 is 10.6 Å². The molecule has 3 N–H and O–H groups in total. The third-order valence-electron chi connectivity index (χ3n) is 3.28. The summed E-state index contributed by atoms with van der Waals surface area (Å²) in [4.78, 5) is 34.9. The lowest BCUT2D eigenvalue weighted by Gasteiger charge is -2.43. The molecule has 0 bridgehead atoms. The fourth-order valence-corrected chi connectivity index (χ4v) is 2.23. The van der Waals surface area contributed by atoms with E-state index in [2.05, 4.69) is 10.6 Å². The average molecular weight is 241 g/mol. The van der Waals surface area contributed by atoms with E-state index < -0.39 is 17.6 Å². The molecule has 0 radical (unpaired) electrons. The fraction of sp³-hybridized carbons (Fsp3) is 0.700. The van der Waals surface area contributed by atoms with E-state index in [4.69, 9.17) is 5.11 Å². The fourth-order valence-electron chi connectivity index (χ4n) is 2.23. The number of imide groups is 1. The minimum Gasteiger partial charge on any atom is -0.481 e. The van der Waals surface area contributed by atoms with E-state index in [1.54, 1.807) is 0 Å². The van der Waals surface area contributed by atoms with Gasteiger partial charge in [-0.25, -0.2) is 0 Å². The second-order valence-electron chi connectivity index (χ2n) is 4.65. The van der Waals surface area contributed by atoms with E-state index in [0.29, 0.717) is 13.1 Å². The quantitative estimate of drug-likeness (QED) is 0.500. The maximum atomic E-state index is 11.7. The van der Waals surface area contributed by atoms with Crippen LogP contribution in [0.1, 0.15) is 12.8 Å². The summed E-state index contributed by atoms with van der Waals surface area (Å²) in [5, 5.41) is 14.8. The summed E-state index contributed by atoms with van der Waals surface area (Å²) in [5.74, 6) is -1.43. The Morgan fingerprint density at radius 3 is 2.59 bits per heavy atom. The number of likely N-dealkylation sites (tertiary alicyclic amines) is 1. The van der Waals surface area contributed by atoms with Crippen molar-refractivity contribution in [2.45, 2.75) is 24.4 Å². The Morgan fingerprint density at radius 1 is 1.59 bits per heavy atom. The van der Waals surface area contributed by atoms with Crippen molar-refractivity contribution in [2.24, 2.45) is 0 Å². The number of rotatable bonds is 4. The molecule has 0 aromatic rings. The van der Waals surface area contributed by atoms with Crippen LogP contribution in [0.2, 0.25) is 0 Å². The Bertz CT molecular complexity index is 378. The maximum Gasteiger partial charge on any atom is 0.305 e. The normalized spacial score (nSPS) is 27.1. The molecule has 2 saturated heterocycles. The van der Waals surface area contributed by atoms with Gasteiger partial charge in [0.1, 0.15) is 0 Å². The smallest absolute Gasteiger partial charge is 0.305 e. The molecule has 94 valence electrons. The minimum atomic E-state index is -0.913. The lowest BCUT2D eigenvalue weighted by molar-refractivity contribution is -0.141. The molecule has 2 aliphatic heterocycles. The highest BCUT2D eigenvalue weighted by Crippen LogP contribution is 2.21. The molecule has 2 fully saturated rings. The van der Waals surface area contributed by atoms with Gasteiger partial charge >= 0.3 is 5.97 Å². The predicted octanol–water partition coefficient (Wildman–Crippen LogP) is -1.85. The number of carboxylic acid groups (broad SMARTS) is 1. The van der Waals surface area contributed by atoms with E-state index in [1.807, 2.05) is 0 Å². The number of carbonyl (C=O) groups is 3. The summed E-state index contributed by atoms with van der Waals surface area (Å²) in [5.41, 5.74) is -0.600. The molecule has 2 rings (SSSR count). The highest BCUT2D eigenvalue weighted by molar-refractivity contribution is 6.05. The van der Waals surface area contributed by atoms with Gasteiger partial charge in [0.15, 0.2) is 0 Å². The van der Waals surface area contributed by atoms with E-state index in [-0.39, 0.29) is 24.7 Å². The van der Waals surface area contributed by atoms with Crippen molar-refractivity contribution in [3.05, 3.63) is 0 Å². The van der Waals surface area contributed by atoms with Gasteiger partial charge in [-0.3, -0.25) is 24.6 Å². The highest BCUT2D eigenvalue weighted by atomic mass is 16.4. The molecule has 0 saturated carbocycles. The van der Waals surface area contributed by atoms with Crippen LogP contribution in [0, 0.1) is 0 Å². The minimum absolute atomic E-state index is 0.0539. The molecule has 0 aliphatic carbocycles. The van der Waals surface area contributed by atoms with Gasteiger partial charge in [0.25, 0.3) is 0 Å².